The Bertz CT molecular complexity index is 377. The van der Waals surface area contributed by atoms with Gasteiger partial charge in [0.05, 0.1) is 7.11 Å². The van der Waals surface area contributed by atoms with Crippen LogP contribution in [0, 0.1) is 5.92 Å². The molecule has 3 nitrogen and oxygen atoms in total. The Morgan fingerprint density at radius 3 is 2.89 bits per heavy atom. The van der Waals surface area contributed by atoms with Crippen molar-refractivity contribution in [1.82, 2.24) is 4.90 Å². The molecular formula is C15H24N2O. The van der Waals surface area contributed by atoms with Crippen LogP contribution in [0.15, 0.2) is 24.3 Å². The van der Waals surface area contributed by atoms with Crippen molar-refractivity contribution in [3.63, 3.8) is 0 Å². The maximum absolute atomic E-state index is 6.12. The summed E-state index contributed by atoms with van der Waals surface area (Å²) < 4.78 is 5.24. The molecule has 1 aromatic rings. The lowest BCUT2D eigenvalue weighted by molar-refractivity contribution is 0.304. The van der Waals surface area contributed by atoms with Crippen LogP contribution in [0.1, 0.15) is 24.8 Å². The van der Waals surface area contributed by atoms with Gasteiger partial charge in [-0.05, 0) is 56.5 Å². The first kappa shape index (κ1) is 13.4. The highest BCUT2D eigenvalue weighted by atomic mass is 16.5. The SMILES string of the molecule is COc1cccc(CN(C)CCC(N)C2CC2)c1. The maximum atomic E-state index is 6.12. The van der Waals surface area contributed by atoms with Crippen molar-refractivity contribution in [3.8, 4) is 5.75 Å². The quantitative estimate of drug-likeness (QED) is 0.804. The second kappa shape index (κ2) is 6.21. The molecule has 1 aliphatic rings. The molecule has 2 rings (SSSR count). The zero-order chi connectivity index (χ0) is 13.0. The molecule has 0 saturated heterocycles. The normalized spacial score (nSPS) is 16.9. The Hall–Kier alpha value is -1.06. The molecule has 0 radical (unpaired) electrons. The summed E-state index contributed by atoms with van der Waals surface area (Å²) in [6.07, 6.45) is 3.77. The highest BCUT2D eigenvalue weighted by Crippen LogP contribution is 2.32. The van der Waals surface area contributed by atoms with E-state index in [0.717, 1.165) is 31.2 Å². The molecule has 0 spiro atoms. The maximum Gasteiger partial charge on any atom is 0.119 e. The van der Waals surface area contributed by atoms with E-state index in [-0.39, 0.29) is 0 Å². The summed E-state index contributed by atoms with van der Waals surface area (Å²) >= 11 is 0. The summed E-state index contributed by atoms with van der Waals surface area (Å²) in [4.78, 5) is 2.33. The lowest BCUT2D eigenvalue weighted by atomic mass is 10.1. The smallest absolute Gasteiger partial charge is 0.119 e. The van der Waals surface area contributed by atoms with E-state index in [1.54, 1.807) is 7.11 Å². The average Bonchev–Trinajstić information content (AvgIpc) is 3.20. The molecule has 0 bridgehead atoms. The molecule has 3 heteroatoms. The minimum absolute atomic E-state index is 0.401. The molecule has 1 aromatic carbocycles. The third kappa shape index (κ3) is 4.00. The topological polar surface area (TPSA) is 38.5 Å². The van der Waals surface area contributed by atoms with Crippen LogP contribution in [0.4, 0.5) is 0 Å². The first-order chi connectivity index (χ1) is 8.69. The van der Waals surface area contributed by atoms with Crippen LogP contribution in [0.25, 0.3) is 0 Å². The molecule has 0 aromatic heterocycles. The fourth-order valence-corrected chi connectivity index (χ4v) is 2.29. The van der Waals surface area contributed by atoms with E-state index in [1.807, 2.05) is 12.1 Å². The number of ether oxygens (including phenoxy) is 1. The highest BCUT2D eigenvalue weighted by molar-refractivity contribution is 5.28. The summed E-state index contributed by atoms with van der Waals surface area (Å²) in [6, 6.07) is 8.65. The van der Waals surface area contributed by atoms with Gasteiger partial charge in [-0.1, -0.05) is 12.1 Å². The van der Waals surface area contributed by atoms with Gasteiger partial charge in [0.2, 0.25) is 0 Å². The highest BCUT2D eigenvalue weighted by Gasteiger charge is 2.28. The van der Waals surface area contributed by atoms with Gasteiger partial charge in [-0.3, -0.25) is 0 Å². The van der Waals surface area contributed by atoms with Crippen LogP contribution in [0.5, 0.6) is 5.75 Å². The number of benzene rings is 1. The fraction of sp³-hybridized carbons (Fsp3) is 0.600. The molecule has 0 aliphatic heterocycles. The van der Waals surface area contributed by atoms with Gasteiger partial charge in [0.1, 0.15) is 5.75 Å². The molecular weight excluding hydrogens is 224 g/mol. The summed E-state index contributed by atoms with van der Waals surface area (Å²) in [6.45, 7) is 2.02. The van der Waals surface area contributed by atoms with Crippen LogP contribution >= 0.6 is 0 Å². The van der Waals surface area contributed by atoms with Crippen molar-refractivity contribution in [3.05, 3.63) is 29.8 Å². The number of hydrogen-bond acceptors (Lipinski definition) is 3. The molecule has 0 amide bonds. The lowest BCUT2D eigenvalue weighted by Gasteiger charge is -2.19. The predicted octanol–water partition coefficient (Wildman–Crippen LogP) is 2.25. The van der Waals surface area contributed by atoms with E-state index in [0.29, 0.717) is 6.04 Å². The van der Waals surface area contributed by atoms with Crippen LogP contribution in [-0.2, 0) is 6.54 Å². The van der Waals surface area contributed by atoms with Crippen molar-refractivity contribution in [1.29, 1.82) is 0 Å². The Labute approximate surface area is 110 Å². The number of methoxy groups -OCH3 is 1. The van der Waals surface area contributed by atoms with Crippen molar-refractivity contribution >= 4 is 0 Å². The lowest BCUT2D eigenvalue weighted by Crippen LogP contribution is -2.29. The van der Waals surface area contributed by atoms with Gasteiger partial charge in [-0.15, -0.1) is 0 Å². The van der Waals surface area contributed by atoms with Crippen molar-refractivity contribution in [2.45, 2.75) is 31.8 Å². The third-order valence-corrected chi connectivity index (χ3v) is 3.66. The number of nitrogens with zero attached hydrogens (tertiary/aromatic N) is 1. The third-order valence-electron chi connectivity index (χ3n) is 3.66. The standard InChI is InChI=1S/C15H24N2O/c1-17(9-8-15(16)13-6-7-13)11-12-4-3-5-14(10-12)18-2/h3-5,10,13,15H,6-9,11,16H2,1-2H3. The number of nitrogens with two attached hydrogens (primary N) is 1. The molecule has 1 atom stereocenters. The summed E-state index contributed by atoms with van der Waals surface area (Å²) in [5, 5.41) is 0. The van der Waals surface area contributed by atoms with Crippen LogP contribution < -0.4 is 10.5 Å². The van der Waals surface area contributed by atoms with Crippen molar-refractivity contribution in [2.24, 2.45) is 11.7 Å². The molecule has 0 heterocycles. The molecule has 2 N–H and O–H groups in total. The molecule has 18 heavy (non-hydrogen) atoms. The van der Waals surface area contributed by atoms with Gasteiger partial charge in [0.15, 0.2) is 0 Å². The van der Waals surface area contributed by atoms with Crippen LogP contribution in [0.2, 0.25) is 0 Å². The molecule has 1 unspecified atom stereocenters. The summed E-state index contributed by atoms with van der Waals surface area (Å²) in [5.41, 5.74) is 7.41. The van der Waals surface area contributed by atoms with Gasteiger partial charge in [-0.2, -0.15) is 0 Å². The molecule has 1 fully saturated rings. The molecule has 1 aliphatic carbocycles. The molecule has 1 saturated carbocycles. The number of hydrogen-bond donors (Lipinski definition) is 1. The van der Waals surface area contributed by atoms with E-state index in [2.05, 4.69) is 24.1 Å². The average molecular weight is 248 g/mol. The van der Waals surface area contributed by atoms with Gasteiger partial charge in [-0.25, -0.2) is 0 Å². The van der Waals surface area contributed by atoms with Crippen molar-refractivity contribution < 1.29 is 4.74 Å². The van der Waals surface area contributed by atoms with E-state index in [4.69, 9.17) is 10.5 Å². The minimum atomic E-state index is 0.401. The fourth-order valence-electron chi connectivity index (χ4n) is 2.29. The minimum Gasteiger partial charge on any atom is -0.497 e. The van der Waals surface area contributed by atoms with Crippen LogP contribution in [0.3, 0.4) is 0 Å². The number of rotatable bonds is 7. The van der Waals surface area contributed by atoms with Gasteiger partial charge < -0.3 is 15.4 Å². The van der Waals surface area contributed by atoms with Crippen molar-refractivity contribution in [2.75, 3.05) is 20.7 Å². The van der Waals surface area contributed by atoms with Crippen LogP contribution in [-0.4, -0.2) is 31.6 Å². The van der Waals surface area contributed by atoms with E-state index in [9.17, 15) is 0 Å². The Balaban J connectivity index is 1.76. The zero-order valence-corrected chi connectivity index (χ0v) is 11.4. The van der Waals surface area contributed by atoms with Gasteiger partial charge >= 0.3 is 0 Å². The second-order valence-electron chi connectivity index (χ2n) is 5.38. The summed E-state index contributed by atoms with van der Waals surface area (Å²) in [7, 11) is 3.86. The van der Waals surface area contributed by atoms with Gasteiger partial charge in [0, 0.05) is 12.6 Å². The first-order valence-electron chi connectivity index (χ1n) is 6.76. The zero-order valence-electron chi connectivity index (χ0n) is 11.4. The van der Waals surface area contributed by atoms with E-state index >= 15 is 0 Å². The predicted molar refractivity (Wildman–Crippen MR) is 74.6 cm³/mol. The first-order valence-corrected chi connectivity index (χ1v) is 6.76. The van der Waals surface area contributed by atoms with E-state index < -0.39 is 0 Å². The summed E-state index contributed by atoms with van der Waals surface area (Å²) in [5.74, 6) is 1.73. The van der Waals surface area contributed by atoms with Gasteiger partial charge in [0.25, 0.3) is 0 Å². The Morgan fingerprint density at radius 2 is 2.22 bits per heavy atom. The molecule has 100 valence electrons. The van der Waals surface area contributed by atoms with E-state index in [1.165, 1.54) is 18.4 Å². The largest absolute Gasteiger partial charge is 0.497 e. The monoisotopic (exact) mass is 248 g/mol. The Morgan fingerprint density at radius 1 is 1.44 bits per heavy atom. The Kier molecular flexibility index (Phi) is 4.61. The second-order valence-corrected chi connectivity index (χ2v) is 5.38.